The fourth-order valence-electron chi connectivity index (χ4n) is 3.07. The smallest absolute Gasteiger partial charge is 0.457 e. The van der Waals surface area contributed by atoms with Crippen LogP contribution in [0.1, 0.15) is 35.3 Å². The maximum Gasteiger partial charge on any atom is 0.534 e. The predicted octanol–water partition coefficient (Wildman–Crippen LogP) is 4.05. The van der Waals surface area contributed by atoms with E-state index >= 15 is 0 Å². The molecule has 0 amide bonds. The third-order valence-electron chi connectivity index (χ3n) is 4.50. The molecule has 0 aliphatic carbocycles. The molecule has 2 heterocycles. The highest BCUT2D eigenvalue weighted by molar-refractivity contribution is 7.88. The Bertz CT molecular complexity index is 1090. The Morgan fingerprint density at radius 2 is 2.03 bits per heavy atom. The van der Waals surface area contributed by atoms with Gasteiger partial charge < -0.3 is 13.8 Å². The summed E-state index contributed by atoms with van der Waals surface area (Å²) >= 11 is 5.91. The topological polar surface area (TPSA) is 102 Å². The number of rotatable bonds is 6. The molecule has 3 rings (SSSR count). The highest BCUT2D eigenvalue weighted by atomic mass is 35.5. The van der Waals surface area contributed by atoms with E-state index in [1.54, 1.807) is 0 Å². The van der Waals surface area contributed by atoms with Crippen LogP contribution in [0.2, 0.25) is 5.02 Å². The summed E-state index contributed by atoms with van der Waals surface area (Å²) in [5.74, 6) is -1.67. The second-order valence-electron chi connectivity index (χ2n) is 6.71. The van der Waals surface area contributed by atoms with Gasteiger partial charge in [-0.15, -0.1) is 0 Å². The zero-order valence-electron chi connectivity index (χ0n) is 15.9. The maximum absolute atomic E-state index is 12.9. The van der Waals surface area contributed by atoms with E-state index in [0.717, 1.165) is 18.3 Å². The number of carbonyl (C=O) groups is 1. The lowest BCUT2D eigenvalue weighted by Crippen LogP contribution is -2.41. The van der Waals surface area contributed by atoms with Crippen molar-refractivity contribution in [2.45, 2.75) is 30.9 Å². The third-order valence-corrected chi connectivity index (χ3v) is 5.70. The lowest BCUT2D eigenvalue weighted by atomic mass is 10.1. The predicted molar refractivity (Wildman–Crippen MR) is 101 cm³/mol. The van der Waals surface area contributed by atoms with Gasteiger partial charge >= 0.3 is 21.6 Å². The molecule has 1 unspecified atom stereocenters. The molecule has 15 heteroatoms. The standard InChI is InChI=1S/C17H15ClF5N3O5S/c18-9-3-4-13(31-32(28,29)17(21,22)23)12(6-9)26-5-1-2-10(8-26)30-16(27)11-7-24-25-14(11)15(19)20/h3-4,6-7,10,15H,1-2,5,8H2,(H,24,25). The van der Waals surface area contributed by atoms with E-state index in [4.69, 9.17) is 16.3 Å². The molecule has 32 heavy (non-hydrogen) atoms. The number of halogens is 6. The van der Waals surface area contributed by atoms with Gasteiger partial charge in [0, 0.05) is 11.6 Å². The number of nitrogens with zero attached hydrogens (tertiary/aromatic N) is 2. The molecular formula is C17H15ClF5N3O5S. The van der Waals surface area contributed by atoms with E-state index in [1.165, 1.54) is 11.0 Å². The van der Waals surface area contributed by atoms with Gasteiger partial charge in [-0.1, -0.05) is 11.6 Å². The number of nitrogens with one attached hydrogen (secondary N) is 1. The van der Waals surface area contributed by atoms with Crippen LogP contribution in [0.15, 0.2) is 24.4 Å². The minimum absolute atomic E-state index is 0.0670. The second kappa shape index (κ2) is 9.10. The Kier molecular flexibility index (Phi) is 6.83. The summed E-state index contributed by atoms with van der Waals surface area (Å²) in [5, 5.41) is 5.51. The molecule has 176 valence electrons. The van der Waals surface area contributed by atoms with Gasteiger partial charge in [-0.25, -0.2) is 13.6 Å². The monoisotopic (exact) mass is 503 g/mol. The van der Waals surface area contributed by atoms with Crippen molar-refractivity contribution in [3.8, 4) is 5.75 Å². The minimum Gasteiger partial charge on any atom is -0.457 e. The summed E-state index contributed by atoms with van der Waals surface area (Å²) in [6.45, 7) is 0.182. The average molecular weight is 504 g/mol. The van der Waals surface area contributed by atoms with Crippen LogP contribution in [0.3, 0.4) is 0 Å². The van der Waals surface area contributed by atoms with Crippen molar-refractivity contribution >= 4 is 33.4 Å². The molecule has 1 N–H and O–H groups in total. The van der Waals surface area contributed by atoms with Gasteiger partial charge in [0.2, 0.25) is 0 Å². The van der Waals surface area contributed by atoms with Gasteiger partial charge in [0.15, 0.2) is 5.75 Å². The van der Waals surface area contributed by atoms with Gasteiger partial charge in [-0.2, -0.15) is 26.7 Å². The number of benzene rings is 1. The molecule has 1 aromatic carbocycles. The van der Waals surface area contributed by atoms with E-state index < -0.39 is 51.1 Å². The van der Waals surface area contributed by atoms with Gasteiger partial charge in [0.1, 0.15) is 17.4 Å². The Hall–Kier alpha value is -2.61. The first-order chi connectivity index (χ1) is 14.9. The van der Waals surface area contributed by atoms with Crippen LogP contribution in [0.25, 0.3) is 0 Å². The highest BCUT2D eigenvalue weighted by Gasteiger charge is 2.49. The summed E-state index contributed by atoms with van der Waals surface area (Å²) in [5.41, 5.74) is -6.86. The summed E-state index contributed by atoms with van der Waals surface area (Å²) in [6, 6.07) is 3.33. The van der Waals surface area contributed by atoms with E-state index in [0.29, 0.717) is 12.8 Å². The number of H-pyrrole nitrogens is 1. The van der Waals surface area contributed by atoms with Crippen LogP contribution >= 0.6 is 11.6 Å². The number of hydrogen-bond acceptors (Lipinski definition) is 7. The zero-order chi connectivity index (χ0) is 23.7. The molecule has 0 saturated carbocycles. The first-order valence-corrected chi connectivity index (χ1v) is 10.8. The SMILES string of the molecule is O=C(OC1CCCN(c2cc(Cl)ccc2OS(=O)(=O)C(F)(F)F)C1)c1cn[nH]c1C(F)F. The molecule has 0 radical (unpaired) electrons. The van der Waals surface area contributed by atoms with E-state index in [2.05, 4.69) is 9.28 Å². The molecule has 0 bridgehead atoms. The maximum atomic E-state index is 12.9. The van der Waals surface area contributed by atoms with Crippen molar-refractivity contribution in [2.75, 3.05) is 18.0 Å². The quantitative estimate of drug-likeness (QED) is 0.274. The average Bonchev–Trinajstić information content (AvgIpc) is 3.19. The van der Waals surface area contributed by atoms with Gasteiger partial charge in [-0.3, -0.25) is 5.10 Å². The Balaban J connectivity index is 1.80. The van der Waals surface area contributed by atoms with Crippen molar-refractivity contribution in [3.05, 3.63) is 40.7 Å². The van der Waals surface area contributed by atoms with Crippen molar-refractivity contribution in [1.82, 2.24) is 10.2 Å². The molecular weight excluding hydrogens is 489 g/mol. The Morgan fingerprint density at radius 1 is 1.31 bits per heavy atom. The molecule has 1 aliphatic rings. The number of hydrogen-bond donors (Lipinski definition) is 1. The molecule has 8 nitrogen and oxygen atoms in total. The largest absolute Gasteiger partial charge is 0.534 e. The van der Waals surface area contributed by atoms with Crippen molar-refractivity contribution in [2.24, 2.45) is 0 Å². The number of piperidine rings is 1. The van der Waals surface area contributed by atoms with E-state index in [-0.39, 0.29) is 23.8 Å². The number of esters is 1. The number of aromatic amines is 1. The lowest BCUT2D eigenvalue weighted by molar-refractivity contribution is -0.0500. The molecule has 1 fully saturated rings. The minimum atomic E-state index is -5.94. The summed E-state index contributed by atoms with van der Waals surface area (Å²) in [7, 11) is -5.94. The number of carbonyl (C=O) groups excluding carboxylic acids is 1. The van der Waals surface area contributed by atoms with Crippen LogP contribution in [0.5, 0.6) is 5.75 Å². The van der Waals surface area contributed by atoms with Crippen molar-refractivity contribution < 1.29 is 44.1 Å². The molecule has 1 aromatic heterocycles. The molecule has 0 spiro atoms. The number of aromatic nitrogens is 2. The van der Waals surface area contributed by atoms with E-state index in [9.17, 15) is 35.2 Å². The summed E-state index contributed by atoms with van der Waals surface area (Å²) < 4.78 is 96.5. The number of ether oxygens (including phenoxy) is 1. The second-order valence-corrected chi connectivity index (χ2v) is 8.68. The van der Waals surface area contributed by atoms with Gasteiger partial charge in [0.05, 0.1) is 18.4 Å². The molecule has 1 saturated heterocycles. The van der Waals surface area contributed by atoms with Crippen LogP contribution < -0.4 is 9.08 Å². The summed E-state index contributed by atoms with van der Waals surface area (Å²) in [4.78, 5) is 13.7. The van der Waals surface area contributed by atoms with Crippen molar-refractivity contribution in [3.63, 3.8) is 0 Å². The first-order valence-electron chi connectivity index (χ1n) is 8.96. The first kappa shape index (κ1) is 24.0. The third kappa shape index (κ3) is 5.23. The Labute approximate surface area is 183 Å². The molecule has 2 aromatic rings. The van der Waals surface area contributed by atoms with Crippen LogP contribution in [0, 0.1) is 0 Å². The normalized spacial score (nSPS) is 17.5. The van der Waals surface area contributed by atoms with Gasteiger partial charge in [0.25, 0.3) is 6.43 Å². The van der Waals surface area contributed by atoms with Crippen LogP contribution in [0.4, 0.5) is 27.6 Å². The number of alkyl halides is 5. The zero-order valence-corrected chi connectivity index (χ0v) is 17.5. The molecule has 1 aliphatic heterocycles. The molecule has 1 atom stereocenters. The van der Waals surface area contributed by atoms with Crippen LogP contribution in [-0.2, 0) is 14.9 Å². The fraction of sp³-hybridized carbons (Fsp3) is 0.412. The van der Waals surface area contributed by atoms with E-state index in [1.807, 2.05) is 5.10 Å². The highest BCUT2D eigenvalue weighted by Crippen LogP contribution is 2.37. The summed E-state index contributed by atoms with van der Waals surface area (Å²) in [6.07, 6.45) is -2.19. The van der Waals surface area contributed by atoms with Gasteiger partial charge in [-0.05, 0) is 31.0 Å². The fourth-order valence-corrected chi connectivity index (χ4v) is 3.70. The number of anilines is 1. The van der Waals surface area contributed by atoms with Crippen molar-refractivity contribution in [1.29, 1.82) is 0 Å². The van der Waals surface area contributed by atoms with Crippen LogP contribution in [-0.4, -0.2) is 49.3 Å². The lowest BCUT2D eigenvalue weighted by Gasteiger charge is -2.34. The Morgan fingerprint density at radius 3 is 2.69 bits per heavy atom.